The Bertz CT molecular complexity index is 725. The summed E-state index contributed by atoms with van der Waals surface area (Å²) in [6.07, 6.45) is 4.82. The fourth-order valence-electron chi connectivity index (χ4n) is 2.66. The fraction of sp³-hybridized carbons (Fsp3) is 0.421. The minimum atomic E-state index is -0.546. The monoisotopic (exact) mass is 358 g/mol. The summed E-state index contributed by atoms with van der Waals surface area (Å²) < 4.78 is 0. The van der Waals surface area contributed by atoms with Crippen molar-refractivity contribution in [3.8, 4) is 0 Å². The first-order valence-electron chi connectivity index (χ1n) is 8.85. The van der Waals surface area contributed by atoms with Crippen LogP contribution < -0.4 is 10.8 Å². The quantitative estimate of drug-likeness (QED) is 0.407. The van der Waals surface area contributed by atoms with Gasteiger partial charge in [-0.1, -0.05) is 43.2 Å². The molecule has 0 saturated carbocycles. The molecule has 0 unspecified atom stereocenters. The third-order valence-corrected chi connectivity index (χ3v) is 4.13. The Labute approximate surface area is 153 Å². The largest absolute Gasteiger partial charge is 0.347 e. The second kappa shape index (κ2) is 9.72. The highest BCUT2D eigenvalue weighted by atomic mass is 16.5. The van der Waals surface area contributed by atoms with E-state index in [4.69, 9.17) is 5.21 Å². The van der Waals surface area contributed by atoms with Gasteiger partial charge in [-0.05, 0) is 25.3 Å². The zero-order valence-corrected chi connectivity index (χ0v) is 15.2. The molecule has 0 radical (unpaired) electrons. The summed E-state index contributed by atoms with van der Waals surface area (Å²) in [7, 11) is 0. The summed E-state index contributed by atoms with van der Waals surface area (Å²) in [6, 6.07) is 7.44. The predicted octanol–water partition coefficient (Wildman–Crippen LogP) is 2.30. The first-order valence-corrected chi connectivity index (χ1v) is 8.85. The summed E-state index contributed by atoms with van der Waals surface area (Å²) >= 11 is 0. The van der Waals surface area contributed by atoms with Crippen molar-refractivity contribution >= 4 is 11.8 Å². The van der Waals surface area contributed by atoms with Crippen molar-refractivity contribution in [2.75, 3.05) is 0 Å². The van der Waals surface area contributed by atoms with Crippen LogP contribution in [0.3, 0.4) is 0 Å². The average molecular weight is 358 g/mol. The van der Waals surface area contributed by atoms with Crippen molar-refractivity contribution in [3.05, 3.63) is 53.1 Å². The molecule has 0 bridgehead atoms. The van der Waals surface area contributed by atoms with Gasteiger partial charge in [0, 0.05) is 18.9 Å². The first-order chi connectivity index (χ1) is 12.5. The third-order valence-electron chi connectivity index (χ3n) is 4.13. The number of unbranched alkanes of at least 4 members (excludes halogenated alkanes) is 1. The highest BCUT2D eigenvalue weighted by Crippen LogP contribution is 2.10. The number of rotatable bonds is 9. The highest BCUT2D eigenvalue weighted by Gasteiger charge is 2.19. The molecule has 1 aromatic carbocycles. The van der Waals surface area contributed by atoms with Crippen LogP contribution in [0.2, 0.25) is 0 Å². The van der Waals surface area contributed by atoms with Crippen LogP contribution >= 0.6 is 0 Å². The lowest BCUT2D eigenvalue weighted by molar-refractivity contribution is -0.129. The number of imidazole rings is 1. The lowest BCUT2D eigenvalue weighted by Crippen LogP contribution is -2.40. The highest BCUT2D eigenvalue weighted by molar-refractivity contribution is 5.92. The number of nitrogens with zero attached hydrogens (tertiary/aromatic N) is 1. The Morgan fingerprint density at radius 3 is 2.65 bits per heavy atom. The standard InChI is InChI=1S/C19H26N4O3/c1-3-4-5-17-20-12-16(22-17)19(25)21-15(11-18(24)23-26)10-14-8-6-13(2)7-9-14/h6-9,12,15,26H,3-5,10-11H2,1-2H3,(H,20,22)(H,21,25)(H,23,24)/t15-/m1/s1. The number of amides is 2. The lowest BCUT2D eigenvalue weighted by atomic mass is 10.0. The van der Waals surface area contributed by atoms with Gasteiger partial charge in [0.1, 0.15) is 11.5 Å². The van der Waals surface area contributed by atoms with Crippen molar-refractivity contribution < 1.29 is 14.8 Å². The normalized spacial score (nSPS) is 11.8. The molecule has 2 rings (SSSR count). The van der Waals surface area contributed by atoms with E-state index in [1.807, 2.05) is 31.2 Å². The predicted molar refractivity (Wildman–Crippen MR) is 97.9 cm³/mol. The first kappa shape index (κ1) is 19.7. The molecule has 26 heavy (non-hydrogen) atoms. The van der Waals surface area contributed by atoms with Crippen LogP contribution in [0, 0.1) is 6.92 Å². The Morgan fingerprint density at radius 1 is 1.27 bits per heavy atom. The number of aromatic amines is 1. The van der Waals surface area contributed by atoms with E-state index >= 15 is 0 Å². The Hall–Kier alpha value is -2.67. The summed E-state index contributed by atoms with van der Waals surface area (Å²) in [6.45, 7) is 4.09. The molecule has 0 spiro atoms. The molecule has 0 aliphatic carbocycles. The molecule has 0 saturated heterocycles. The number of hydroxylamine groups is 1. The zero-order chi connectivity index (χ0) is 18.9. The van der Waals surface area contributed by atoms with Gasteiger partial charge in [-0.25, -0.2) is 10.5 Å². The van der Waals surface area contributed by atoms with E-state index in [-0.39, 0.29) is 12.3 Å². The second-order valence-corrected chi connectivity index (χ2v) is 6.45. The van der Waals surface area contributed by atoms with Crippen LogP contribution in [0.25, 0.3) is 0 Å². The lowest BCUT2D eigenvalue weighted by Gasteiger charge is -2.17. The summed E-state index contributed by atoms with van der Waals surface area (Å²) in [4.78, 5) is 31.3. The number of carbonyl (C=O) groups excluding carboxylic acids is 2. The molecule has 2 amide bonds. The van der Waals surface area contributed by atoms with Gasteiger partial charge in [-0.15, -0.1) is 0 Å². The van der Waals surface area contributed by atoms with Crippen molar-refractivity contribution in [2.45, 2.75) is 52.0 Å². The van der Waals surface area contributed by atoms with E-state index < -0.39 is 11.9 Å². The molecular weight excluding hydrogens is 332 g/mol. The zero-order valence-electron chi connectivity index (χ0n) is 15.2. The SMILES string of the molecule is CCCCc1ncc(C(=O)N[C@@H](CC(=O)NO)Cc2ccc(C)cc2)[nH]1. The van der Waals surface area contributed by atoms with Crippen molar-refractivity contribution in [3.63, 3.8) is 0 Å². The topological polar surface area (TPSA) is 107 Å². The Morgan fingerprint density at radius 2 is 2.00 bits per heavy atom. The number of hydrogen-bond acceptors (Lipinski definition) is 4. The van der Waals surface area contributed by atoms with Gasteiger partial charge in [0.2, 0.25) is 5.91 Å². The smallest absolute Gasteiger partial charge is 0.269 e. The molecule has 1 atom stereocenters. The van der Waals surface area contributed by atoms with E-state index in [0.717, 1.165) is 36.2 Å². The molecule has 1 heterocycles. The van der Waals surface area contributed by atoms with Crippen molar-refractivity contribution in [2.24, 2.45) is 0 Å². The summed E-state index contributed by atoms with van der Waals surface area (Å²) in [5.74, 6) is -0.0843. The molecule has 140 valence electrons. The summed E-state index contributed by atoms with van der Waals surface area (Å²) in [5.41, 5.74) is 4.13. The number of H-pyrrole nitrogens is 1. The molecule has 7 heteroatoms. The fourth-order valence-corrected chi connectivity index (χ4v) is 2.66. The van der Waals surface area contributed by atoms with Crippen LogP contribution in [0.15, 0.2) is 30.5 Å². The van der Waals surface area contributed by atoms with Crippen LogP contribution in [-0.4, -0.2) is 33.0 Å². The van der Waals surface area contributed by atoms with Gasteiger partial charge < -0.3 is 10.3 Å². The van der Waals surface area contributed by atoms with E-state index in [2.05, 4.69) is 22.2 Å². The maximum absolute atomic E-state index is 12.5. The number of aryl methyl sites for hydroxylation is 2. The molecule has 4 N–H and O–H groups in total. The van der Waals surface area contributed by atoms with E-state index in [1.54, 1.807) is 5.48 Å². The van der Waals surface area contributed by atoms with E-state index in [0.29, 0.717) is 12.1 Å². The molecule has 2 aromatic rings. The van der Waals surface area contributed by atoms with Crippen LogP contribution in [-0.2, 0) is 17.6 Å². The van der Waals surface area contributed by atoms with Gasteiger partial charge >= 0.3 is 0 Å². The Balaban J connectivity index is 2.04. The number of aromatic nitrogens is 2. The Kier molecular flexibility index (Phi) is 7.35. The van der Waals surface area contributed by atoms with Crippen LogP contribution in [0.5, 0.6) is 0 Å². The number of hydrogen-bond donors (Lipinski definition) is 4. The van der Waals surface area contributed by atoms with Crippen molar-refractivity contribution in [1.82, 2.24) is 20.8 Å². The number of carbonyl (C=O) groups is 2. The third kappa shape index (κ3) is 6.00. The minimum Gasteiger partial charge on any atom is -0.347 e. The molecule has 0 aliphatic heterocycles. The molecule has 0 fully saturated rings. The molecular formula is C19H26N4O3. The van der Waals surface area contributed by atoms with Gasteiger partial charge in [0.05, 0.1) is 6.20 Å². The average Bonchev–Trinajstić information content (AvgIpc) is 3.10. The number of benzene rings is 1. The maximum atomic E-state index is 12.5. The van der Waals surface area contributed by atoms with E-state index in [9.17, 15) is 9.59 Å². The summed E-state index contributed by atoms with van der Waals surface area (Å²) in [5, 5.41) is 11.6. The van der Waals surface area contributed by atoms with Gasteiger partial charge in [0.15, 0.2) is 0 Å². The number of nitrogens with one attached hydrogen (secondary N) is 3. The van der Waals surface area contributed by atoms with Crippen LogP contribution in [0.1, 0.15) is 53.6 Å². The minimum absolute atomic E-state index is 0.0209. The molecule has 7 nitrogen and oxygen atoms in total. The van der Waals surface area contributed by atoms with Gasteiger partial charge in [-0.3, -0.25) is 14.8 Å². The van der Waals surface area contributed by atoms with Gasteiger partial charge in [-0.2, -0.15) is 0 Å². The molecule has 0 aliphatic rings. The maximum Gasteiger partial charge on any atom is 0.269 e. The van der Waals surface area contributed by atoms with Gasteiger partial charge in [0.25, 0.3) is 5.91 Å². The second-order valence-electron chi connectivity index (χ2n) is 6.45. The molecule has 1 aromatic heterocycles. The van der Waals surface area contributed by atoms with E-state index in [1.165, 1.54) is 6.20 Å². The van der Waals surface area contributed by atoms with Crippen molar-refractivity contribution in [1.29, 1.82) is 0 Å². The van der Waals surface area contributed by atoms with Crippen LogP contribution in [0.4, 0.5) is 0 Å².